The molecule has 94 valence electrons. The van der Waals surface area contributed by atoms with Crippen LogP contribution in [0.1, 0.15) is 33.1 Å². The maximum atomic E-state index is 11.8. The van der Waals surface area contributed by atoms with Crippen molar-refractivity contribution in [2.75, 3.05) is 19.7 Å². The first-order valence-corrected chi connectivity index (χ1v) is 6.10. The fourth-order valence-electron chi connectivity index (χ4n) is 2.18. The second-order valence-electron chi connectivity index (χ2n) is 5.43. The molecule has 0 aliphatic heterocycles. The maximum Gasteiger partial charge on any atom is 0.226 e. The minimum absolute atomic E-state index is 0.0126. The second kappa shape index (κ2) is 5.64. The summed E-state index contributed by atoms with van der Waals surface area (Å²) in [6.07, 6.45) is 3.35. The average Bonchev–Trinajstić information content (AvgIpc) is 2.72. The minimum Gasteiger partial charge on any atom is -0.396 e. The zero-order chi connectivity index (χ0) is 12.2. The molecule has 0 radical (unpaired) electrons. The van der Waals surface area contributed by atoms with Gasteiger partial charge in [-0.15, -0.1) is 0 Å². The zero-order valence-electron chi connectivity index (χ0n) is 10.3. The fourth-order valence-corrected chi connectivity index (χ4v) is 2.18. The number of carbonyl (C=O) groups is 1. The van der Waals surface area contributed by atoms with Crippen molar-refractivity contribution in [1.82, 2.24) is 5.32 Å². The molecule has 16 heavy (non-hydrogen) atoms. The summed E-state index contributed by atoms with van der Waals surface area (Å²) in [4.78, 5) is 11.8. The summed E-state index contributed by atoms with van der Waals surface area (Å²) in [6, 6.07) is 0. The molecule has 1 aliphatic carbocycles. The lowest BCUT2D eigenvalue weighted by atomic mass is 9.91. The topological polar surface area (TPSA) is 75.4 Å². The van der Waals surface area contributed by atoms with Crippen molar-refractivity contribution in [3.8, 4) is 0 Å². The highest BCUT2D eigenvalue weighted by Crippen LogP contribution is 2.30. The summed E-state index contributed by atoms with van der Waals surface area (Å²) in [5.41, 5.74) is 5.05. The third-order valence-corrected chi connectivity index (χ3v) is 3.70. The van der Waals surface area contributed by atoms with Gasteiger partial charge in [-0.05, 0) is 38.5 Å². The highest BCUT2D eigenvalue weighted by atomic mass is 16.3. The lowest BCUT2D eigenvalue weighted by Gasteiger charge is -2.24. The second-order valence-corrected chi connectivity index (χ2v) is 5.43. The summed E-state index contributed by atoms with van der Waals surface area (Å²) in [6.45, 7) is 4.96. The van der Waals surface area contributed by atoms with Crippen LogP contribution in [0.5, 0.6) is 0 Å². The molecule has 1 aliphatic rings. The average molecular weight is 228 g/mol. The number of aliphatic hydroxyl groups excluding tert-OH is 1. The third-order valence-electron chi connectivity index (χ3n) is 3.70. The quantitative estimate of drug-likeness (QED) is 0.641. The van der Waals surface area contributed by atoms with Gasteiger partial charge in [-0.25, -0.2) is 0 Å². The molecule has 1 fully saturated rings. The molecule has 1 rings (SSSR count). The Hall–Kier alpha value is -0.610. The maximum absolute atomic E-state index is 11.8. The zero-order valence-corrected chi connectivity index (χ0v) is 10.3. The Labute approximate surface area is 97.6 Å². The molecule has 0 saturated heterocycles. The predicted octanol–water partition coefficient (Wildman–Crippen LogP) is 0.496. The van der Waals surface area contributed by atoms with E-state index in [1.807, 2.05) is 13.8 Å². The molecular weight excluding hydrogens is 204 g/mol. The summed E-state index contributed by atoms with van der Waals surface area (Å²) in [7, 11) is 0. The van der Waals surface area contributed by atoms with Gasteiger partial charge in [0.15, 0.2) is 0 Å². The van der Waals surface area contributed by atoms with Crippen LogP contribution in [0.3, 0.4) is 0 Å². The molecule has 0 aromatic carbocycles. The first-order valence-electron chi connectivity index (χ1n) is 6.10. The predicted molar refractivity (Wildman–Crippen MR) is 63.8 cm³/mol. The molecule has 0 aromatic heterocycles. The summed E-state index contributed by atoms with van der Waals surface area (Å²) in [5.74, 6) is 0.808. The molecular formula is C12H24N2O2. The van der Waals surface area contributed by atoms with Gasteiger partial charge < -0.3 is 16.2 Å². The first-order chi connectivity index (χ1) is 7.51. The SMILES string of the molecule is CC(C)(CN)C(=O)NCC1CCCC1CO. The van der Waals surface area contributed by atoms with Crippen molar-refractivity contribution in [1.29, 1.82) is 0 Å². The Morgan fingerprint density at radius 2 is 2.06 bits per heavy atom. The van der Waals surface area contributed by atoms with E-state index in [1.165, 1.54) is 0 Å². The van der Waals surface area contributed by atoms with Crippen LogP contribution >= 0.6 is 0 Å². The molecule has 2 unspecified atom stereocenters. The van der Waals surface area contributed by atoms with Crippen LogP contribution in [0.4, 0.5) is 0 Å². The van der Waals surface area contributed by atoms with Gasteiger partial charge in [-0.2, -0.15) is 0 Å². The van der Waals surface area contributed by atoms with Gasteiger partial charge in [0.1, 0.15) is 0 Å². The number of hydrogen-bond donors (Lipinski definition) is 3. The van der Waals surface area contributed by atoms with Crippen LogP contribution in [-0.2, 0) is 4.79 Å². The third kappa shape index (κ3) is 3.19. The summed E-state index contributed by atoms with van der Waals surface area (Å²) >= 11 is 0. The standard InChI is InChI=1S/C12H24N2O2/c1-12(2,8-13)11(16)14-6-9-4-3-5-10(9)7-15/h9-10,15H,3-8,13H2,1-2H3,(H,14,16). The smallest absolute Gasteiger partial charge is 0.226 e. The van der Waals surface area contributed by atoms with Gasteiger partial charge in [0.25, 0.3) is 0 Å². The van der Waals surface area contributed by atoms with Crippen molar-refractivity contribution in [3.05, 3.63) is 0 Å². The molecule has 4 heteroatoms. The minimum atomic E-state index is -0.493. The van der Waals surface area contributed by atoms with E-state index in [0.717, 1.165) is 19.3 Å². The molecule has 0 aromatic rings. The van der Waals surface area contributed by atoms with Crippen molar-refractivity contribution in [2.45, 2.75) is 33.1 Å². The van der Waals surface area contributed by atoms with Gasteiger partial charge >= 0.3 is 0 Å². The van der Waals surface area contributed by atoms with Crippen molar-refractivity contribution >= 4 is 5.91 Å². The summed E-state index contributed by atoms with van der Waals surface area (Å²) in [5, 5.41) is 12.1. The number of aliphatic hydroxyl groups is 1. The number of amides is 1. The number of carbonyl (C=O) groups excluding carboxylic acids is 1. The van der Waals surface area contributed by atoms with Crippen LogP contribution in [0.25, 0.3) is 0 Å². The van der Waals surface area contributed by atoms with Crippen molar-refractivity contribution < 1.29 is 9.90 Å². The first kappa shape index (κ1) is 13.5. The number of rotatable bonds is 5. The number of nitrogens with one attached hydrogen (secondary N) is 1. The lowest BCUT2D eigenvalue weighted by molar-refractivity contribution is -0.129. The van der Waals surface area contributed by atoms with Gasteiger partial charge in [0, 0.05) is 19.7 Å². The highest BCUT2D eigenvalue weighted by Gasteiger charge is 2.30. The monoisotopic (exact) mass is 228 g/mol. The van der Waals surface area contributed by atoms with Crippen molar-refractivity contribution in [2.24, 2.45) is 23.0 Å². The van der Waals surface area contributed by atoms with Crippen molar-refractivity contribution in [3.63, 3.8) is 0 Å². The van der Waals surface area contributed by atoms with E-state index in [9.17, 15) is 9.90 Å². The van der Waals surface area contributed by atoms with E-state index in [4.69, 9.17) is 5.73 Å². The highest BCUT2D eigenvalue weighted by molar-refractivity contribution is 5.82. The van der Waals surface area contributed by atoms with Crippen LogP contribution in [0.2, 0.25) is 0 Å². The molecule has 1 amide bonds. The molecule has 0 bridgehead atoms. The van der Waals surface area contributed by atoms with E-state index in [0.29, 0.717) is 24.9 Å². The largest absolute Gasteiger partial charge is 0.396 e. The van der Waals surface area contributed by atoms with Gasteiger partial charge in [-0.3, -0.25) is 4.79 Å². The molecule has 4 nitrogen and oxygen atoms in total. The van der Waals surface area contributed by atoms with Gasteiger partial charge in [0.2, 0.25) is 5.91 Å². The van der Waals surface area contributed by atoms with E-state index in [1.54, 1.807) is 0 Å². The van der Waals surface area contributed by atoms with Gasteiger partial charge in [0.05, 0.1) is 5.41 Å². The Bertz CT molecular complexity index is 241. The molecule has 4 N–H and O–H groups in total. The molecule has 0 spiro atoms. The van der Waals surface area contributed by atoms with E-state index < -0.39 is 5.41 Å². The Morgan fingerprint density at radius 3 is 2.62 bits per heavy atom. The lowest BCUT2D eigenvalue weighted by Crippen LogP contribution is -2.43. The number of nitrogens with two attached hydrogens (primary N) is 1. The summed E-state index contributed by atoms with van der Waals surface area (Å²) < 4.78 is 0. The Morgan fingerprint density at radius 1 is 1.44 bits per heavy atom. The van der Waals surface area contributed by atoms with E-state index >= 15 is 0 Å². The fraction of sp³-hybridized carbons (Fsp3) is 0.917. The molecule has 1 saturated carbocycles. The normalized spacial score (nSPS) is 25.8. The Balaban J connectivity index is 2.37. The van der Waals surface area contributed by atoms with Crippen LogP contribution in [0.15, 0.2) is 0 Å². The van der Waals surface area contributed by atoms with Crippen LogP contribution in [-0.4, -0.2) is 30.7 Å². The van der Waals surface area contributed by atoms with Crippen LogP contribution in [0, 0.1) is 17.3 Å². The van der Waals surface area contributed by atoms with Gasteiger partial charge in [-0.1, -0.05) is 6.42 Å². The number of hydrogen-bond acceptors (Lipinski definition) is 3. The van der Waals surface area contributed by atoms with E-state index in [2.05, 4.69) is 5.32 Å². The molecule has 2 atom stereocenters. The van der Waals surface area contributed by atoms with E-state index in [-0.39, 0.29) is 12.5 Å². The van der Waals surface area contributed by atoms with Crippen LogP contribution < -0.4 is 11.1 Å². The Kier molecular flexibility index (Phi) is 4.74. The molecule has 0 heterocycles.